The molecule has 1 fully saturated rings. The van der Waals surface area contributed by atoms with E-state index in [1.54, 1.807) is 12.1 Å². The van der Waals surface area contributed by atoms with E-state index in [4.69, 9.17) is 26.8 Å². The number of rotatable bonds is 7. The quantitative estimate of drug-likeness (QED) is 0.806. The summed E-state index contributed by atoms with van der Waals surface area (Å²) in [5, 5.41) is 3.52. The van der Waals surface area contributed by atoms with E-state index in [-0.39, 0.29) is 0 Å². The molecule has 0 aromatic heterocycles. The number of carbonyl (C=O) groups is 1. The number of nitrogens with one attached hydrogen (secondary N) is 1. The summed E-state index contributed by atoms with van der Waals surface area (Å²) < 4.78 is 10.4. The van der Waals surface area contributed by atoms with E-state index in [2.05, 4.69) is 5.32 Å². The lowest BCUT2D eigenvalue weighted by Gasteiger charge is -2.19. The summed E-state index contributed by atoms with van der Waals surface area (Å²) in [4.78, 5) is 11.7. The Morgan fingerprint density at radius 1 is 1.45 bits per heavy atom. The predicted molar refractivity (Wildman–Crippen MR) is 77.2 cm³/mol. The molecule has 1 aliphatic rings. The fourth-order valence-corrected chi connectivity index (χ4v) is 2.44. The third kappa shape index (κ3) is 3.16. The van der Waals surface area contributed by atoms with Crippen molar-refractivity contribution in [2.24, 2.45) is 11.7 Å². The number of benzene rings is 1. The molecule has 0 heterocycles. The average Bonchev–Trinajstić information content (AvgIpc) is 3.23. The van der Waals surface area contributed by atoms with Crippen molar-refractivity contribution in [1.29, 1.82) is 0 Å². The molecule has 1 aromatic carbocycles. The van der Waals surface area contributed by atoms with Crippen LogP contribution in [0.15, 0.2) is 12.1 Å². The standard InChI is InChI=1S/C14H19ClN2O3/c1-19-10-6-5-9(11(15)13(10)20-2)12(14(16)18)17-7-8-3-4-8/h5-6,8,12,17H,3-4,7H2,1-2H3,(H2,16,18). The van der Waals surface area contributed by atoms with E-state index < -0.39 is 11.9 Å². The Kier molecular flexibility index (Phi) is 4.73. The van der Waals surface area contributed by atoms with Crippen LogP contribution in [0.3, 0.4) is 0 Å². The van der Waals surface area contributed by atoms with Crippen molar-refractivity contribution in [2.45, 2.75) is 18.9 Å². The SMILES string of the molecule is COc1ccc(C(NCC2CC2)C(N)=O)c(Cl)c1OC. The minimum absolute atomic E-state index is 0.346. The third-order valence-electron chi connectivity index (χ3n) is 3.42. The summed E-state index contributed by atoms with van der Waals surface area (Å²) in [5.74, 6) is 1.10. The summed E-state index contributed by atoms with van der Waals surface area (Å²) in [7, 11) is 3.04. The van der Waals surface area contributed by atoms with Crippen LogP contribution in [0.2, 0.25) is 5.02 Å². The van der Waals surface area contributed by atoms with Crippen LogP contribution in [0.4, 0.5) is 0 Å². The van der Waals surface area contributed by atoms with Crippen molar-refractivity contribution in [3.63, 3.8) is 0 Å². The minimum atomic E-state index is -0.622. The van der Waals surface area contributed by atoms with E-state index in [1.807, 2.05) is 0 Å². The first-order chi connectivity index (χ1) is 9.58. The highest BCUT2D eigenvalue weighted by Crippen LogP contribution is 2.39. The summed E-state index contributed by atoms with van der Waals surface area (Å²) in [6.07, 6.45) is 2.39. The fourth-order valence-electron chi connectivity index (χ4n) is 2.10. The number of hydrogen-bond donors (Lipinski definition) is 2. The van der Waals surface area contributed by atoms with Crippen molar-refractivity contribution >= 4 is 17.5 Å². The van der Waals surface area contributed by atoms with Crippen LogP contribution in [-0.2, 0) is 4.79 Å². The van der Waals surface area contributed by atoms with E-state index in [0.717, 1.165) is 6.54 Å². The van der Waals surface area contributed by atoms with Gasteiger partial charge in [-0.1, -0.05) is 17.7 Å². The molecule has 2 rings (SSSR count). The van der Waals surface area contributed by atoms with E-state index in [0.29, 0.717) is 28.0 Å². The predicted octanol–water partition coefficient (Wildman–Crippen LogP) is 1.88. The molecule has 1 unspecified atom stereocenters. The molecule has 0 spiro atoms. The minimum Gasteiger partial charge on any atom is -0.493 e. The van der Waals surface area contributed by atoms with Crippen LogP contribution < -0.4 is 20.5 Å². The highest BCUT2D eigenvalue weighted by molar-refractivity contribution is 6.33. The number of hydrogen-bond acceptors (Lipinski definition) is 4. The largest absolute Gasteiger partial charge is 0.493 e. The van der Waals surface area contributed by atoms with E-state index in [9.17, 15) is 4.79 Å². The van der Waals surface area contributed by atoms with Gasteiger partial charge in [-0.15, -0.1) is 0 Å². The van der Waals surface area contributed by atoms with Gasteiger partial charge in [0.1, 0.15) is 6.04 Å². The molecule has 1 aromatic rings. The number of methoxy groups -OCH3 is 2. The van der Waals surface area contributed by atoms with Gasteiger partial charge in [-0.05, 0) is 31.4 Å². The molecule has 0 radical (unpaired) electrons. The molecule has 5 nitrogen and oxygen atoms in total. The Morgan fingerprint density at radius 2 is 2.15 bits per heavy atom. The lowest BCUT2D eigenvalue weighted by molar-refractivity contribution is -0.120. The van der Waals surface area contributed by atoms with Crippen molar-refractivity contribution in [3.05, 3.63) is 22.7 Å². The van der Waals surface area contributed by atoms with Gasteiger partial charge < -0.3 is 20.5 Å². The third-order valence-corrected chi connectivity index (χ3v) is 3.81. The van der Waals surface area contributed by atoms with Crippen LogP contribution >= 0.6 is 11.6 Å². The zero-order valence-electron chi connectivity index (χ0n) is 11.6. The Morgan fingerprint density at radius 3 is 2.65 bits per heavy atom. The maximum atomic E-state index is 11.7. The monoisotopic (exact) mass is 298 g/mol. The normalized spacial score (nSPS) is 15.8. The number of carbonyl (C=O) groups excluding carboxylic acids is 1. The second-order valence-electron chi connectivity index (χ2n) is 4.89. The van der Waals surface area contributed by atoms with E-state index in [1.165, 1.54) is 27.1 Å². The Balaban J connectivity index is 2.29. The van der Waals surface area contributed by atoms with Gasteiger partial charge >= 0.3 is 0 Å². The Hall–Kier alpha value is -1.46. The average molecular weight is 299 g/mol. The van der Waals surface area contributed by atoms with Gasteiger partial charge in [0.15, 0.2) is 11.5 Å². The highest BCUT2D eigenvalue weighted by Gasteiger charge is 2.27. The van der Waals surface area contributed by atoms with Crippen LogP contribution in [0.25, 0.3) is 0 Å². The first-order valence-electron chi connectivity index (χ1n) is 6.51. The van der Waals surface area contributed by atoms with Crippen LogP contribution in [-0.4, -0.2) is 26.7 Å². The number of halogens is 1. The second kappa shape index (κ2) is 6.33. The zero-order chi connectivity index (χ0) is 14.7. The van der Waals surface area contributed by atoms with Gasteiger partial charge in [-0.25, -0.2) is 0 Å². The lowest BCUT2D eigenvalue weighted by atomic mass is 10.0. The van der Waals surface area contributed by atoms with Gasteiger partial charge in [-0.3, -0.25) is 4.79 Å². The number of primary amides is 1. The van der Waals surface area contributed by atoms with Crippen LogP contribution in [0.1, 0.15) is 24.4 Å². The Bertz CT molecular complexity index is 503. The summed E-state index contributed by atoms with van der Waals surface area (Å²) >= 11 is 6.31. The number of nitrogens with two attached hydrogens (primary N) is 1. The molecule has 1 amide bonds. The lowest BCUT2D eigenvalue weighted by Crippen LogP contribution is -2.35. The molecular formula is C14H19ClN2O3. The molecule has 3 N–H and O–H groups in total. The maximum Gasteiger partial charge on any atom is 0.239 e. The molecule has 6 heteroatoms. The van der Waals surface area contributed by atoms with Crippen molar-refractivity contribution in [1.82, 2.24) is 5.32 Å². The van der Waals surface area contributed by atoms with Crippen LogP contribution in [0.5, 0.6) is 11.5 Å². The van der Waals surface area contributed by atoms with Gasteiger partial charge in [0.05, 0.1) is 19.2 Å². The van der Waals surface area contributed by atoms with Crippen molar-refractivity contribution in [2.75, 3.05) is 20.8 Å². The molecule has 1 saturated carbocycles. The Labute approximate surface area is 123 Å². The molecule has 110 valence electrons. The van der Waals surface area contributed by atoms with E-state index >= 15 is 0 Å². The molecule has 1 aliphatic carbocycles. The number of ether oxygens (including phenoxy) is 2. The smallest absolute Gasteiger partial charge is 0.239 e. The summed E-state index contributed by atoms with van der Waals surface area (Å²) in [6, 6.07) is 2.83. The van der Waals surface area contributed by atoms with Crippen molar-refractivity contribution < 1.29 is 14.3 Å². The van der Waals surface area contributed by atoms with Gasteiger partial charge in [0.2, 0.25) is 5.91 Å². The molecule has 0 aliphatic heterocycles. The first-order valence-corrected chi connectivity index (χ1v) is 6.89. The second-order valence-corrected chi connectivity index (χ2v) is 5.27. The van der Waals surface area contributed by atoms with Crippen molar-refractivity contribution in [3.8, 4) is 11.5 Å². The number of amides is 1. The molecular weight excluding hydrogens is 280 g/mol. The highest BCUT2D eigenvalue weighted by atomic mass is 35.5. The first kappa shape index (κ1) is 14.9. The zero-order valence-corrected chi connectivity index (χ0v) is 12.4. The van der Waals surface area contributed by atoms with Gasteiger partial charge in [-0.2, -0.15) is 0 Å². The topological polar surface area (TPSA) is 73.6 Å². The molecule has 0 bridgehead atoms. The maximum absolute atomic E-state index is 11.7. The molecule has 20 heavy (non-hydrogen) atoms. The fraction of sp³-hybridized carbons (Fsp3) is 0.500. The molecule has 0 saturated heterocycles. The van der Waals surface area contributed by atoms with Crippen LogP contribution in [0, 0.1) is 5.92 Å². The van der Waals surface area contributed by atoms with Gasteiger partial charge in [0.25, 0.3) is 0 Å². The van der Waals surface area contributed by atoms with Gasteiger partial charge in [0, 0.05) is 5.56 Å². The molecule has 1 atom stereocenters. The summed E-state index contributed by atoms with van der Waals surface area (Å²) in [6.45, 7) is 0.762. The summed E-state index contributed by atoms with van der Waals surface area (Å²) in [5.41, 5.74) is 6.08.